The first kappa shape index (κ1) is 32.3. The highest BCUT2D eigenvalue weighted by molar-refractivity contribution is 7.89. The molecule has 1 saturated heterocycles. The normalized spacial score (nSPS) is 17.2. The van der Waals surface area contributed by atoms with Crippen molar-refractivity contribution in [3.05, 3.63) is 93.5 Å². The fraction of sp³-hybridized carbons (Fsp3) is 0.300. The summed E-state index contributed by atoms with van der Waals surface area (Å²) in [6.45, 7) is 2.29. The first-order valence-corrected chi connectivity index (χ1v) is 15.7. The number of urea groups is 1. The summed E-state index contributed by atoms with van der Waals surface area (Å²) in [6.07, 6.45) is -0.0855. The summed E-state index contributed by atoms with van der Waals surface area (Å²) in [5, 5.41) is 18.7. The molecule has 1 aliphatic heterocycles. The van der Waals surface area contributed by atoms with E-state index < -0.39 is 21.4 Å². The van der Waals surface area contributed by atoms with Gasteiger partial charge in [-0.1, -0.05) is 59.1 Å². The number of carbonyl (C=O) groups excluding carboxylic acids is 2. The number of sulfonamides is 1. The van der Waals surface area contributed by atoms with Gasteiger partial charge in [0, 0.05) is 53.7 Å². The fourth-order valence-electron chi connectivity index (χ4n) is 5.20. The second-order valence-corrected chi connectivity index (χ2v) is 13.2. The molecule has 0 bridgehead atoms. The van der Waals surface area contributed by atoms with Crippen LogP contribution in [0.3, 0.4) is 0 Å². The molecule has 0 radical (unpaired) electrons. The molecule has 0 aromatic heterocycles. The Hall–Kier alpha value is -3.64. The molecule has 1 aliphatic rings. The van der Waals surface area contributed by atoms with E-state index in [2.05, 4.69) is 5.32 Å². The fourth-order valence-corrected chi connectivity index (χ4v) is 6.19. The molecule has 228 valence electrons. The third kappa shape index (κ3) is 8.47. The Morgan fingerprint density at radius 1 is 1.00 bits per heavy atom. The molecule has 0 aliphatic carbocycles. The maximum Gasteiger partial charge on any atom is 0.324 e. The number of rotatable bonds is 11. The van der Waals surface area contributed by atoms with Crippen LogP contribution in [0.25, 0.3) is 0 Å². The van der Waals surface area contributed by atoms with Gasteiger partial charge in [-0.15, -0.1) is 0 Å². The predicted octanol–water partition coefficient (Wildman–Crippen LogP) is 4.60. The zero-order valence-corrected chi connectivity index (χ0v) is 25.8. The van der Waals surface area contributed by atoms with Gasteiger partial charge in [0.25, 0.3) is 0 Å². The summed E-state index contributed by atoms with van der Waals surface area (Å²) in [7, 11) is -3.81. The number of halogens is 2. The molecular weight excluding hydrogens is 615 g/mol. The number of anilines is 1. The van der Waals surface area contributed by atoms with Gasteiger partial charge in [-0.25, -0.2) is 18.4 Å². The SMILES string of the molecule is Cc1ccc(N2CC(CC(=O)O)(CC(=O)NCCc3ccc(S(N)(=O)=O)cc3)CN(Cc3ccc(Cl)cc3Cl)C2=O)cc1. The number of hydrogen-bond donors (Lipinski definition) is 3. The number of benzene rings is 3. The monoisotopic (exact) mass is 646 g/mol. The van der Waals surface area contributed by atoms with Gasteiger partial charge in [-0.05, 0) is 60.9 Å². The lowest BCUT2D eigenvalue weighted by molar-refractivity contribution is -0.140. The average Bonchev–Trinajstić information content (AvgIpc) is 2.92. The minimum absolute atomic E-state index is 0.00897. The number of carbonyl (C=O) groups is 3. The number of primary sulfonamides is 1. The first-order valence-electron chi connectivity index (χ1n) is 13.4. The van der Waals surface area contributed by atoms with E-state index in [1.807, 2.05) is 19.1 Å². The lowest BCUT2D eigenvalue weighted by Crippen LogP contribution is -2.60. The van der Waals surface area contributed by atoms with Crippen LogP contribution in [0.2, 0.25) is 10.0 Å². The molecule has 3 aromatic rings. The molecule has 1 heterocycles. The summed E-state index contributed by atoms with van der Waals surface area (Å²) in [5.41, 5.74) is 1.87. The number of nitrogens with two attached hydrogens (primary N) is 1. The van der Waals surface area contributed by atoms with E-state index in [-0.39, 0.29) is 55.9 Å². The largest absolute Gasteiger partial charge is 0.481 e. The van der Waals surface area contributed by atoms with Gasteiger partial charge < -0.3 is 15.3 Å². The summed E-state index contributed by atoms with van der Waals surface area (Å²) in [4.78, 5) is 42.2. The van der Waals surface area contributed by atoms with Gasteiger partial charge in [0.15, 0.2) is 0 Å². The van der Waals surface area contributed by atoms with Crippen molar-refractivity contribution >= 4 is 56.8 Å². The number of amides is 3. The Balaban J connectivity index is 1.56. The number of aryl methyl sites for hydroxylation is 1. The van der Waals surface area contributed by atoms with Crippen molar-refractivity contribution in [1.29, 1.82) is 0 Å². The molecular formula is C30H32Cl2N4O6S. The van der Waals surface area contributed by atoms with Crippen molar-refractivity contribution in [1.82, 2.24) is 10.2 Å². The molecule has 43 heavy (non-hydrogen) atoms. The Morgan fingerprint density at radius 3 is 2.28 bits per heavy atom. The van der Waals surface area contributed by atoms with Crippen molar-refractivity contribution in [2.75, 3.05) is 24.5 Å². The number of carboxylic acids is 1. The van der Waals surface area contributed by atoms with E-state index in [0.29, 0.717) is 27.7 Å². The molecule has 4 rings (SSSR count). The van der Waals surface area contributed by atoms with E-state index in [1.54, 1.807) is 42.5 Å². The number of hydrogen-bond acceptors (Lipinski definition) is 5. The van der Waals surface area contributed by atoms with E-state index in [9.17, 15) is 27.9 Å². The van der Waals surface area contributed by atoms with Crippen LogP contribution in [0.15, 0.2) is 71.6 Å². The van der Waals surface area contributed by atoms with Gasteiger partial charge >= 0.3 is 12.0 Å². The van der Waals surface area contributed by atoms with E-state index in [4.69, 9.17) is 28.3 Å². The molecule has 3 aromatic carbocycles. The van der Waals surface area contributed by atoms with Crippen molar-refractivity contribution in [3.63, 3.8) is 0 Å². The van der Waals surface area contributed by atoms with E-state index in [0.717, 1.165) is 11.1 Å². The zero-order valence-electron chi connectivity index (χ0n) is 23.4. The van der Waals surface area contributed by atoms with Gasteiger partial charge in [0.2, 0.25) is 15.9 Å². The van der Waals surface area contributed by atoms with Crippen LogP contribution in [-0.2, 0) is 32.6 Å². The maximum atomic E-state index is 13.8. The molecule has 0 spiro atoms. The van der Waals surface area contributed by atoms with Crippen molar-refractivity contribution in [2.45, 2.75) is 37.6 Å². The van der Waals surface area contributed by atoms with Crippen LogP contribution in [0, 0.1) is 12.3 Å². The highest BCUT2D eigenvalue weighted by Crippen LogP contribution is 2.37. The Kier molecular flexibility index (Phi) is 10.0. The summed E-state index contributed by atoms with van der Waals surface area (Å²) in [6, 6.07) is 17.9. The summed E-state index contributed by atoms with van der Waals surface area (Å²) in [5.74, 6) is -1.46. The van der Waals surface area contributed by atoms with Crippen LogP contribution in [0.1, 0.15) is 29.5 Å². The Bertz CT molecular complexity index is 1620. The van der Waals surface area contributed by atoms with Gasteiger partial charge in [-0.3, -0.25) is 14.5 Å². The third-order valence-corrected chi connectivity index (χ3v) is 8.81. The van der Waals surface area contributed by atoms with Gasteiger partial charge in [-0.2, -0.15) is 0 Å². The smallest absolute Gasteiger partial charge is 0.324 e. The standard InChI is InChI=1S/C30H32Cl2N4O6S/c1-20-2-8-24(9-3-20)36-19-30(16-28(38)39,18-35(29(36)40)17-22-6-7-23(31)14-26(22)32)15-27(37)34-13-12-21-4-10-25(11-5-21)43(33,41)42/h2-11,14H,12-13,15-19H2,1H3,(H,34,37)(H,38,39)(H2,33,41,42). The minimum atomic E-state index is -3.81. The van der Waals surface area contributed by atoms with Gasteiger partial charge in [0.05, 0.1) is 11.3 Å². The highest BCUT2D eigenvalue weighted by Gasteiger charge is 2.46. The molecule has 0 saturated carbocycles. The van der Waals surface area contributed by atoms with Crippen LogP contribution in [-0.4, -0.2) is 56.0 Å². The van der Waals surface area contributed by atoms with Crippen LogP contribution in [0.4, 0.5) is 10.5 Å². The van der Waals surface area contributed by atoms with Crippen LogP contribution >= 0.6 is 23.2 Å². The average molecular weight is 648 g/mol. The topological polar surface area (TPSA) is 150 Å². The lowest BCUT2D eigenvalue weighted by atomic mass is 9.78. The molecule has 4 N–H and O–H groups in total. The molecule has 1 atom stereocenters. The number of nitrogens with one attached hydrogen (secondary N) is 1. The Morgan fingerprint density at radius 2 is 1.67 bits per heavy atom. The van der Waals surface area contributed by atoms with Crippen LogP contribution in [0.5, 0.6) is 0 Å². The van der Waals surface area contributed by atoms with Crippen molar-refractivity contribution in [3.8, 4) is 0 Å². The molecule has 3 amide bonds. The van der Waals surface area contributed by atoms with Crippen molar-refractivity contribution in [2.24, 2.45) is 10.6 Å². The third-order valence-electron chi connectivity index (χ3n) is 7.29. The first-order chi connectivity index (χ1) is 20.2. The van der Waals surface area contributed by atoms with E-state index in [1.165, 1.54) is 21.9 Å². The molecule has 13 heteroatoms. The second kappa shape index (κ2) is 13.3. The predicted molar refractivity (Wildman–Crippen MR) is 165 cm³/mol. The quantitative estimate of drug-likeness (QED) is 0.277. The number of aliphatic carboxylic acids is 1. The summed E-state index contributed by atoms with van der Waals surface area (Å²) >= 11 is 12.5. The Labute approximate surface area is 260 Å². The number of nitrogens with zero attached hydrogens (tertiary/aromatic N) is 2. The van der Waals surface area contributed by atoms with E-state index >= 15 is 0 Å². The van der Waals surface area contributed by atoms with Gasteiger partial charge in [0.1, 0.15) is 0 Å². The van der Waals surface area contributed by atoms with Crippen molar-refractivity contribution < 1.29 is 27.9 Å². The highest BCUT2D eigenvalue weighted by atomic mass is 35.5. The zero-order chi connectivity index (χ0) is 31.4. The number of carboxylic acid groups (broad SMARTS) is 1. The lowest BCUT2D eigenvalue weighted by Gasteiger charge is -2.47. The molecule has 1 fully saturated rings. The molecule has 10 nitrogen and oxygen atoms in total. The summed E-state index contributed by atoms with van der Waals surface area (Å²) < 4.78 is 23.0. The van der Waals surface area contributed by atoms with Crippen LogP contribution < -0.4 is 15.4 Å². The molecule has 1 unspecified atom stereocenters. The maximum absolute atomic E-state index is 13.8. The minimum Gasteiger partial charge on any atom is -0.481 e. The second-order valence-electron chi connectivity index (χ2n) is 10.8.